The maximum Gasteiger partial charge on any atom is 0.143 e. The van der Waals surface area contributed by atoms with Gasteiger partial charge in [0.2, 0.25) is 0 Å². The zero-order valence-corrected chi connectivity index (χ0v) is 11.5. The highest BCUT2D eigenvalue weighted by Crippen LogP contribution is 2.19. The molecule has 0 aromatic carbocycles. The van der Waals surface area contributed by atoms with Crippen molar-refractivity contribution in [2.45, 2.75) is 78.1 Å². The maximum atomic E-state index is 11.8. The minimum atomic E-state index is 0.116. The van der Waals surface area contributed by atoms with E-state index in [0.717, 1.165) is 32.0 Å². The first kappa shape index (κ1) is 16.3. The standard InChI is InChI=1S/C15H28O2/c1-3-5-7-9-11-14(10-8-6-4-2)15(17)12-13-16/h13-14H,3-12H2,1-2H3. The Kier molecular flexibility index (Phi) is 11.4. The van der Waals surface area contributed by atoms with Crippen molar-refractivity contribution in [2.24, 2.45) is 5.92 Å². The van der Waals surface area contributed by atoms with Gasteiger partial charge in [-0.25, -0.2) is 0 Å². The second kappa shape index (κ2) is 11.8. The first-order valence-electron chi connectivity index (χ1n) is 7.22. The topological polar surface area (TPSA) is 34.1 Å². The Morgan fingerprint density at radius 3 is 2.00 bits per heavy atom. The molecule has 0 spiro atoms. The lowest BCUT2D eigenvalue weighted by Crippen LogP contribution is -2.15. The molecule has 1 atom stereocenters. The van der Waals surface area contributed by atoms with Gasteiger partial charge < -0.3 is 4.79 Å². The maximum absolute atomic E-state index is 11.8. The Balaban J connectivity index is 3.91. The zero-order valence-electron chi connectivity index (χ0n) is 11.5. The van der Waals surface area contributed by atoms with E-state index in [1.807, 2.05) is 0 Å². The molecule has 2 nitrogen and oxygen atoms in total. The average Bonchev–Trinajstić information content (AvgIpc) is 2.32. The van der Waals surface area contributed by atoms with Crippen LogP contribution in [-0.4, -0.2) is 12.1 Å². The minimum absolute atomic E-state index is 0.116. The Hall–Kier alpha value is -0.660. The molecular formula is C15H28O2. The van der Waals surface area contributed by atoms with Gasteiger partial charge in [-0.2, -0.15) is 0 Å². The van der Waals surface area contributed by atoms with E-state index in [1.165, 1.54) is 32.1 Å². The summed E-state index contributed by atoms with van der Waals surface area (Å²) in [5.74, 6) is 0.302. The highest BCUT2D eigenvalue weighted by molar-refractivity contribution is 5.91. The van der Waals surface area contributed by atoms with Crippen LogP contribution < -0.4 is 0 Å². The van der Waals surface area contributed by atoms with Crippen LogP contribution in [0.25, 0.3) is 0 Å². The average molecular weight is 240 g/mol. The quantitative estimate of drug-likeness (QED) is 0.289. The number of carbonyl (C=O) groups is 2. The van der Waals surface area contributed by atoms with Crippen LogP contribution in [0.2, 0.25) is 0 Å². The third kappa shape index (κ3) is 9.08. The van der Waals surface area contributed by atoms with Gasteiger partial charge in [0.05, 0.1) is 6.42 Å². The molecule has 0 aliphatic heterocycles. The van der Waals surface area contributed by atoms with Gasteiger partial charge in [-0.05, 0) is 12.8 Å². The van der Waals surface area contributed by atoms with Gasteiger partial charge in [0.25, 0.3) is 0 Å². The number of ketones is 1. The van der Waals surface area contributed by atoms with Crippen molar-refractivity contribution in [2.75, 3.05) is 0 Å². The molecular weight excluding hydrogens is 212 g/mol. The van der Waals surface area contributed by atoms with Crippen molar-refractivity contribution in [3.63, 3.8) is 0 Å². The molecule has 0 aromatic heterocycles. The molecule has 0 amide bonds. The summed E-state index contributed by atoms with van der Waals surface area (Å²) in [7, 11) is 0. The third-order valence-electron chi connectivity index (χ3n) is 3.30. The summed E-state index contributed by atoms with van der Waals surface area (Å²) in [5.41, 5.74) is 0. The number of aldehydes is 1. The molecule has 0 saturated carbocycles. The molecule has 0 radical (unpaired) electrons. The molecule has 0 aliphatic rings. The van der Waals surface area contributed by atoms with Gasteiger partial charge in [-0.3, -0.25) is 4.79 Å². The predicted molar refractivity (Wildman–Crippen MR) is 72.1 cm³/mol. The molecule has 17 heavy (non-hydrogen) atoms. The van der Waals surface area contributed by atoms with Crippen molar-refractivity contribution in [3.8, 4) is 0 Å². The SMILES string of the molecule is CCCCCCC(CCCCC)C(=O)CC=O. The number of hydrogen-bond donors (Lipinski definition) is 0. The van der Waals surface area contributed by atoms with Crippen LogP contribution in [0.1, 0.15) is 78.1 Å². The van der Waals surface area contributed by atoms with Gasteiger partial charge in [-0.15, -0.1) is 0 Å². The fraction of sp³-hybridized carbons (Fsp3) is 0.867. The van der Waals surface area contributed by atoms with E-state index in [1.54, 1.807) is 0 Å². The van der Waals surface area contributed by atoms with Gasteiger partial charge >= 0.3 is 0 Å². The number of carbonyl (C=O) groups excluding carboxylic acids is 2. The lowest BCUT2D eigenvalue weighted by atomic mass is 9.90. The highest BCUT2D eigenvalue weighted by Gasteiger charge is 2.16. The first-order valence-corrected chi connectivity index (χ1v) is 7.22. The van der Waals surface area contributed by atoms with Crippen molar-refractivity contribution in [1.82, 2.24) is 0 Å². The molecule has 2 heteroatoms. The number of unbranched alkanes of at least 4 members (excludes halogenated alkanes) is 5. The fourth-order valence-electron chi connectivity index (χ4n) is 2.17. The number of Topliss-reactive ketones (excluding diaryl/α,β-unsaturated/α-hetero) is 1. The molecule has 0 aromatic rings. The van der Waals surface area contributed by atoms with Crippen LogP contribution in [0.15, 0.2) is 0 Å². The van der Waals surface area contributed by atoms with E-state index in [9.17, 15) is 9.59 Å². The van der Waals surface area contributed by atoms with Crippen LogP contribution in [0, 0.1) is 5.92 Å². The minimum Gasteiger partial charge on any atom is -0.303 e. The summed E-state index contributed by atoms with van der Waals surface area (Å²) < 4.78 is 0. The Bertz CT molecular complexity index is 199. The van der Waals surface area contributed by atoms with Gasteiger partial charge in [-0.1, -0.05) is 58.8 Å². The van der Waals surface area contributed by atoms with Crippen LogP contribution in [0.3, 0.4) is 0 Å². The lowest BCUT2D eigenvalue weighted by molar-refractivity contribution is -0.125. The van der Waals surface area contributed by atoms with E-state index >= 15 is 0 Å². The second-order valence-corrected chi connectivity index (χ2v) is 4.88. The summed E-state index contributed by atoms with van der Waals surface area (Å²) in [6, 6.07) is 0. The van der Waals surface area contributed by atoms with Crippen LogP contribution >= 0.6 is 0 Å². The summed E-state index contributed by atoms with van der Waals surface area (Å²) in [4.78, 5) is 22.2. The van der Waals surface area contributed by atoms with Crippen LogP contribution in [-0.2, 0) is 9.59 Å². The monoisotopic (exact) mass is 240 g/mol. The predicted octanol–water partition coefficient (Wildman–Crippen LogP) is 4.31. The Labute approximate surface area is 106 Å². The summed E-state index contributed by atoms with van der Waals surface area (Å²) in [6.07, 6.45) is 11.2. The van der Waals surface area contributed by atoms with Crippen molar-refractivity contribution in [1.29, 1.82) is 0 Å². The van der Waals surface area contributed by atoms with E-state index in [0.29, 0.717) is 0 Å². The van der Waals surface area contributed by atoms with E-state index in [-0.39, 0.29) is 18.1 Å². The lowest BCUT2D eigenvalue weighted by Gasteiger charge is -2.14. The van der Waals surface area contributed by atoms with Crippen molar-refractivity contribution < 1.29 is 9.59 Å². The largest absolute Gasteiger partial charge is 0.303 e. The molecule has 0 heterocycles. The molecule has 0 N–H and O–H groups in total. The second-order valence-electron chi connectivity index (χ2n) is 4.88. The normalized spacial score (nSPS) is 12.4. The Morgan fingerprint density at radius 1 is 0.941 bits per heavy atom. The summed E-state index contributed by atoms with van der Waals surface area (Å²) >= 11 is 0. The summed E-state index contributed by atoms with van der Waals surface area (Å²) in [6.45, 7) is 4.36. The van der Waals surface area contributed by atoms with E-state index in [2.05, 4.69) is 13.8 Å². The van der Waals surface area contributed by atoms with Crippen molar-refractivity contribution >= 4 is 12.1 Å². The molecule has 0 bridgehead atoms. The van der Waals surface area contributed by atoms with Crippen LogP contribution in [0.4, 0.5) is 0 Å². The molecule has 100 valence electrons. The highest BCUT2D eigenvalue weighted by atomic mass is 16.1. The molecule has 0 fully saturated rings. The number of rotatable bonds is 12. The molecule has 0 saturated heterocycles. The first-order chi connectivity index (χ1) is 8.26. The van der Waals surface area contributed by atoms with E-state index in [4.69, 9.17) is 0 Å². The number of hydrogen-bond acceptors (Lipinski definition) is 2. The van der Waals surface area contributed by atoms with E-state index < -0.39 is 0 Å². The fourth-order valence-corrected chi connectivity index (χ4v) is 2.17. The van der Waals surface area contributed by atoms with Crippen molar-refractivity contribution in [3.05, 3.63) is 0 Å². The molecule has 0 rings (SSSR count). The van der Waals surface area contributed by atoms with Crippen LogP contribution in [0.5, 0.6) is 0 Å². The molecule has 0 aliphatic carbocycles. The smallest absolute Gasteiger partial charge is 0.143 e. The van der Waals surface area contributed by atoms with Gasteiger partial charge in [0.1, 0.15) is 12.1 Å². The third-order valence-corrected chi connectivity index (χ3v) is 3.30. The van der Waals surface area contributed by atoms with Gasteiger partial charge in [0, 0.05) is 5.92 Å². The van der Waals surface area contributed by atoms with Gasteiger partial charge in [0.15, 0.2) is 0 Å². The summed E-state index contributed by atoms with van der Waals surface area (Å²) in [5, 5.41) is 0. The molecule has 1 unspecified atom stereocenters. The zero-order chi connectivity index (χ0) is 12.9. The Morgan fingerprint density at radius 2 is 1.47 bits per heavy atom.